The van der Waals surface area contributed by atoms with Gasteiger partial charge in [0.15, 0.2) is 0 Å². The van der Waals surface area contributed by atoms with Crippen LogP contribution in [0.4, 0.5) is 5.69 Å². The Kier molecular flexibility index (Phi) is 3.32. The zero-order chi connectivity index (χ0) is 18.8. The number of aryl methyl sites for hydroxylation is 1. The molecule has 2 aromatic heterocycles. The van der Waals surface area contributed by atoms with Crippen LogP contribution < -0.4 is 4.90 Å². The first-order valence-corrected chi connectivity index (χ1v) is 9.40. The molecule has 3 heterocycles. The van der Waals surface area contributed by atoms with Gasteiger partial charge in [0.2, 0.25) is 5.91 Å². The first kappa shape index (κ1) is 16.2. The topological polar surface area (TPSA) is 51.0 Å². The van der Waals surface area contributed by atoms with Crippen LogP contribution >= 0.6 is 0 Å². The largest absolute Gasteiger partial charge is 0.308 e. The van der Waals surface area contributed by atoms with Gasteiger partial charge in [0.05, 0.1) is 23.1 Å². The summed E-state index contributed by atoms with van der Waals surface area (Å²) in [5.41, 5.74) is 5.83. The quantitative estimate of drug-likeness (QED) is 0.710. The molecule has 1 aliphatic heterocycles. The second kappa shape index (κ2) is 5.52. The van der Waals surface area contributed by atoms with Crippen molar-refractivity contribution in [2.75, 3.05) is 4.90 Å². The lowest BCUT2D eigenvalue weighted by molar-refractivity contribution is -0.122. The van der Waals surface area contributed by atoms with Gasteiger partial charge in [-0.25, -0.2) is 4.98 Å². The first-order valence-electron chi connectivity index (χ1n) is 9.40. The molecule has 5 nitrogen and oxygen atoms in total. The summed E-state index contributed by atoms with van der Waals surface area (Å²) < 4.78 is 2.02. The minimum Gasteiger partial charge on any atom is -0.308 e. The van der Waals surface area contributed by atoms with Gasteiger partial charge < -0.3 is 9.47 Å². The van der Waals surface area contributed by atoms with Crippen molar-refractivity contribution in [3.63, 3.8) is 0 Å². The minimum absolute atomic E-state index is 0.218. The van der Waals surface area contributed by atoms with E-state index in [4.69, 9.17) is 0 Å². The number of fused-ring (bicyclic) bond motifs is 1. The highest BCUT2D eigenvalue weighted by Crippen LogP contribution is 2.47. The smallest absolute Gasteiger partial charge is 0.237 e. The highest BCUT2D eigenvalue weighted by molar-refractivity contribution is 6.08. The fourth-order valence-corrected chi connectivity index (χ4v) is 4.00. The fraction of sp³-hybridized carbons (Fsp3) is 0.318. The molecule has 0 spiro atoms. The van der Waals surface area contributed by atoms with Crippen LogP contribution in [-0.2, 0) is 10.2 Å². The normalized spacial score (nSPS) is 18.0. The van der Waals surface area contributed by atoms with Gasteiger partial charge >= 0.3 is 0 Å². The molecule has 3 aromatic rings. The number of imidazole rings is 1. The SMILES string of the molecule is Cc1cnccc1-n1cnc(-c2ccc3c(c2)N(C2CC2)C(=O)C3(C)C)c1. The number of benzene rings is 1. The number of carbonyl (C=O) groups is 1. The molecular weight excluding hydrogens is 336 g/mol. The van der Waals surface area contributed by atoms with E-state index in [-0.39, 0.29) is 5.91 Å². The number of aromatic nitrogens is 3. The standard InChI is InChI=1S/C22H22N4O/c1-14-11-23-9-8-19(14)25-12-18(24-13-25)15-4-7-17-20(10-15)26(16-5-6-16)21(27)22(17,2)3/h4,7-13,16H,5-6H2,1-3H3. The molecule has 0 bridgehead atoms. The maximum Gasteiger partial charge on any atom is 0.237 e. The number of nitrogens with zero attached hydrogens (tertiary/aromatic N) is 4. The second-order valence-electron chi connectivity index (χ2n) is 8.09. The van der Waals surface area contributed by atoms with Gasteiger partial charge in [-0.05, 0) is 56.9 Å². The van der Waals surface area contributed by atoms with Gasteiger partial charge in [0.1, 0.15) is 0 Å². The molecule has 1 saturated carbocycles. The van der Waals surface area contributed by atoms with Gasteiger partial charge in [-0.15, -0.1) is 0 Å². The van der Waals surface area contributed by atoms with E-state index in [9.17, 15) is 4.79 Å². The predicted molar refractivity (Wildman–Crippen MR) is 105 cm³/mol. The first-order chi connectivity index (χ1) is 13.0. The van der Waals surface area contributed by atoms with Crippen LogP contribution in [0.5, 0.6) is 0 Å². The van der Waals surface area contributed by atoms with Gasteiger partial charge in [-0.1, -0.05) is 12.1 Å². The summed E-state index contributed by atoms with van der Waals surface area (Å²) in [4.78, 5) is 23.7. The molecule has 1 fully saturated rings. The van der Waals surface area contributed by atoms with Crippen LogP contribution in [0.15, 0.2) is 49.2 Å². The molecule has 0 unspecified atom stereocenters. The predicted octanol–water partition coefficient (Wildman–Crippen LogP) is 4.03. The number of hydrogen-bond acceptors (Lipinski definition) is 3. The Morgan fingerprint density at radius 1 is 1.15 bits per heavy atom. The molecule has 1 aliphatic carbocycles. The van der Waals surface area contributed by atoms with Gasteiger partial charge in [-0.2, -0.15) is 0 Å². The third-order valence-electron chi connectivity index (χ3n) is 5.74. The van der Waals surface area contributed by atoms with Crippen LogP contribution in [0.25, 0.3) is 16.9 Å². The molecule has 0 saturated heterocycles. The minimum atomic E-state index is -0.454. The van der Waals surface area contributed by atoms with E-state index in [0.29, 0.717) is 6.04 Å². The van der Waals surface area contributed by atoms with E-state index >= 15 is 0 Å². The Labute approximate surface area is 158 Å². The van der Waals surface area contributed by atoms with E-state index in [2.05, 4.69) is 28.2 Å². The highest BCUT2D eigenvalue weighted by Gasteiger charge is 2.48. The van der Waals surface area contributed by atoms with Gasteiger partial charge in [0, 0.05) is 35.9 Å². The molecule has 2 aliphatic rings. The maximum absolute atomic E-state index is 12.9. The maximum atomic E-state index is 12.9. The third-order valence-corrected chi connectivity index (χ3v) is 5.74. The van der Waals surface area contributed by atoms with E-state index in [1.54, 1.807) is 6.20 Å². The number of carbonyl (C=O) groups excluding carboxylic acids is 1. The number of pyridine rings is 1. The molecular formula is C22H22N4O. The number of amides is 1. The van der Waals surface area contributed by atoms with Crippen molar-refractivity contribution in [3.8, 4) is 16.9 Å². The Bertz CT molecular complexity index is 1060. The van der Waals surface area contributed by atoms with Gasteiger partial charge in [0.25, 0.3) is 0 Å². The average molecular weight is 358 g/mol. The van der Waals surface area contributed by atoms with Crippen molar-refractivity contribution in [2.45, 2.75) is 45.1 Å². The monoisotopic (exact) mass is 358 g/mol. The van der Waals surface area contributed by atoms with Crippen molar-refractivity contribution < 1.29 is 4.79 Å². The van der Waals surface area contributed by atoms with Crippen molar-refractivity contribution in [1.29, 1.82) is 0 Å². The lowest BCUT2D eigenvalue weighted by Gasteiger charge is -2.19. The van der Waals surface area contributed by atoms with E-state index in [0.717, 1.165) is 46.6 Å². The van der Waals surface area contributed by atoms with Crippen molar-refractivity contribution in [1.82, 2.24) is 14.5 Å². The number of anilines is 1. The Hall–Kier alpha value is -2.95. The van der Waals surface area contributed by atoms with Crippen molar-refractivity contribution in [3.05, 3.63) is 60.3 Å². The van der Waals surface area contributed by atoms with Crippen LogP contribution in [0.1, 0.15) is 37.8 Å². The summed E-state index contributed by atoms with van der Waals surface area (Å²) in [5.74, 6) is 0.218. The lowest BCUT2D eigenvalue weighted by atomic mass is 9.86. The average Bonchev–Trinajstić information content (AvgIpc) is 3.32. The molecule has 0 atom stereocenters. The number of hydrogen-bond donors (Lipinski definition) is 0. The Morgan fingerprint density at radius 2 is 1.96 bits per heavy atom. The second-order valence-corrected chi connectivity index (χ2v) is 8.09. The zero-order valence-corrected chi connectivity index (χ0v) is 15.8. The molecule has 0 radical (unpaired) electrons. The molecule has 136 valence electrons. The summed E-state index contributed by atoms with van der Waals surface area (Å²) in [6, 6.07) is 8.66. The summed E-state index contributed by atoms with van der Waals surface area (Å²) >= 11 is 0. The van der Waals surface area contributed by atoms with Gasteiger partial charge in [-0.3, -0.25) is 9.78 Å². The molecule has 27 heavy (non-hydrogen) atoms. The highest BCUT2D eigenvalue weighted by atomic mass is 16.2. The summed E-state index contributed by atoms with van der Waals surface area (Å²) in [6.45, 7) is 6.09. The Balaban J connectivity index is 1.57. The molecule has 5 rings (SSSR count). The summed E-state index contributed by atoms with van der Waals surface area (Å²) in [7, 11) is 0. The molecule has 5 heteroatoms. The van der Waals surface area contributed by atoms with Crippen LogP contribution in [0.3, 0.4) is 0 Å². The van der Waals surface area contributed by atoms with Crippen LogP contribution in [-0.4, -0.2) is 26.5 Å². The third kappa shape index (κ3) is 2.41. The molecule has 1 aromatic carbocycles. The van der Waals surface area contributed by atoms with E-state index in [1.165, 1.54) is 0 Å². The van der Waals surface area contributed by atoms with E-state index < -0.39 is 5.41 Å². The molecule has 0 N–H and O–H groups in total. The summed E-state index contributed by atoms with van der Waals surface area (Å²) in [5, 5.41) is 0. The zero-order valence-electron chi connectivity index (χ0n) is 15.8. The number of rotatable bonds is 3. The lowest BCUT2D eigenvalue weighted by Crippen LogP contribution is -2.37. The summed E-state index contributed by atoms with van der Waals surface area (Å²) in [6.07, 6.45) is 9.71. The fourth-order valence-electron chi connectivity index (χ4n) is 4.00. The van der Waals surface area contributed by atoms with E-state index in [1.807, 2.05) is 55.0 Å². The van der Waals surface area contributed by atoms with Crippen molar-refractivity contribution >= 4 is 11.6 Å². The molecule has 1 amide bonds. The van der Waals surface area contributed by atoms with Crippen LogP contribution in [0.2, 0.25) is 0 Å². The van der Waals surface area contributed by atoms with Crippen LogP contribution in [0, 0.1) is 6.92 Å². The van der Waals surface area contributed by atoms with Crippen molar-refractivity contribution in [2.24, 2.45) is 0 Å². The Morgan fingerprint density at radius 3 is 2.70 bits per heavy atom.